The molecule has 0 bridgehead atoms. The van der Waals surface area contributed by atoms with E-state index < -0.39 is 0 Å². The number of fused-ring (bicyclic) bond motifs is 1. The average molecular weight is 414 g/mol. The van der Waals surface area contributed by atoms with Crippen LogP contribution in [-0.4, -0.2) is 94.4 Å². The number of likely N-dealkylation sites (tertiary alicyclic amines) is 1. The minimum absolute atomic E-state index is 0.0223. The lowest BCUT2D eigenvalue weighted by atomic mass is 10.0. The minimum Gasteiger partial charge on any atom is -0.379 e. The quantitative estimate of drug-likeness (QED) is 0.742. The smallest absolute Gasteiger partial charge is 0.274 e. The summed E-state index contributed by atoms with van der Waals surface area (Å²) in [5, 5.41) is 0. The molecule has 2 aliphatic heterocycles. The number of rotatable bonds is 5. The topological polar surface area (TPSA) is 70.4 Å². The zero-order valence-electron chi connectivity index (χ0n) is 17.9. The van der Waals surface area contributed by atoms with E-state index in [9.17, 15) is 9.59 Å². The number of ether oxygens (including phenoxy) is 1. The van der Waals surface area contributed by atoms with Crippen molar-refractivity contribution in [2.24, 2.45) is 0 Å². The second-order valence-corrected chi connectivity index (χ2v) is 8.29. The van der Waals surface area contributed by atoms with Crippen molar-refractivity contribution in [3.8, 4) is 0 Å². The molecular formula is C22H31N5O3. The largest absolute Gasteiger partial charge is 0.379 e. The Morgan fingerprint density at radius 3 is 2.57 bits per heavy atom. The molecule has 2 saturated heterocycles. The van der Waals surface area contributed by atoms with E-state index in [0.29, 0.717) is 25.3 Å². The number of imidazole rings is 1. The molecule has 162 valence electrons. The third kappa shape index (κ3) is 4.65. The second-order valence-electron chi connectivity index (χ2n) is 8.29. The molecule has 4 heterocycles. The Morgan fingerprint density at radius 2 is 1.87 bits per heavy atom. The van der Waals surface area contributed by atoms with E-state index in [-0.39, 0.29) is 17.9 Å². The van der Waals surface area contributed by atoms with Crippen molar-refractivity contribution in [2.75, 3.05) is 52.5 Å². The maximum atomic E-state index is 13.5. The molecule has 30 heavy (non-hydrogen) atoms. The summed E-state index contributed by atoms with van der Waals surface area (Å²) in [6, 6.07) is 4.07. The van der Waals surface area contributed by atoms with Crippen molar-refractivity contribution in [1.29, 1.82) is 0 Å². The molecule has 0 atom stereocenters. The molecule has 2 amide bonds. The molecule has 2 fully saturated rings. The standard InChI is InChI=1S/C22H31N5O3/c1-17-3-4-21-23-20(16-26(21)15-17)22(29)27(10-9-24-11-13-30-14-12-24)19-5-7-25(8-6-19)18(2)28/h3-4,15-16,19H,5-14H2,1-2H3. The van der Waals surface area contributed by atoms with Gasteiger partial charge in [0.25, 0.3) is 5.91 Å². The number of aromatic nitrogens is 2. The van der Waals surface area contributed by atoms with E-state index >= 15 is 0 Å². The highest BCUT2D eigenvalue weighted by Gasteiger charge is 2.30. The van der Waals surface area contributed by atoms with E-state index in [1.807, 2.05) is 45.7 Å². The predicted molar refractivity (Wildman–Crippen MR) is 114 cm³/mol. The van der Waals surface area contributed by atoms with Crippen LogP contribution in [0.1, 0.15) is 35.8 Å². The van der Waals surface area contributed by atoms with Crippen LogP contribution in [0.25, 0.3) is 5.65 Å². The van der Waals surface area contributed by atoms with Crippen LogP contribution < -0.4 is 0 Å². The average Bonchev–Trinajstić information content (AvgIpc) is 3.18. The van der Waals surface area contributed by atoms with Crippen LogP contribution in [-0.2, 0) is 9.53 Å². The number of carbonyl (C=O) groups is 2. The number of morpholine rings is 1. The van der Waals surface area contributed by atoms with Gasteiger partial charge in [0, 0.05) is 64.6 Å². The highest BCUT2D eigenvalue weighted by molar-refractivity contribution is 5.93. The zero-order chi connectivity index (χ0) is 21.1. The first kappa shape index (κ1) is 20.8. The third-order valence-electron chi connectivity index (χ3n) is 6.19. The van der Waals surface area contributed by atoms with Crippen molar-refractivity contribution < 1.29 is 14.3 Å². The van der Waals surface area contributed by atoms with Crippen LogP contribution in [0.5, 0.6) is 0 Å². The summed E-state index contributed by atoms with van der Waals surface area (Å²) in [6.07, 6.45) is 5.43. The fraction of sp³-hybridized carbons (Fsp3) is 0.591. The molecule has 8 nitrogen and oxygen atoms in total. The highest BCUT2D eigenvalue weighted by atomic mass is 16.5. The van der Waals surface area contributed by atoms with Crippen LogP contribution in [0, 0.1) is 6.92 Å². The first-order valence-electron chi connectivity index (χ1n) is 10.8. The summed E-state index contributed by atoms with van der Waals surface area (Å²) in [5.74, 6) is 0.0845. The van der Waals surface area contributed by atoms with Gasteiger partial charge in [0.05, 0.1) is 13.2 Å². The Balaban J connectivity index is 1.51. The Morgan fingerprint density at radius 1 is 1.13 bits per heavy atom. The molecule has 2 aromatic heterocycles. The molecule has 8 heteroatoms. The van der Waals surface area contributed by atoms with Crippen molar-refractivity contribution >= 4 is 17.5 Å². The minimum atomic E-state index is -0.0223. The molecule has 0 N–H and O–H groups in total. The number of aryl methyl sites for hydroxylation is 1. The molecule has 2 aliphatic rings. The van der Waals surface area contributed by atoms with Gasteiger partial charge in [0.2, 0.25) is 5.91 Å². The Bertz CT molecular complexity index is 897. The van der Waals surface area contributed by atoms with E-state index in [1.54, 1.807) is 6.92 Å². The molecule has 0 unspecified atom stereocenters. The summed E-state index contributed by atoms with van der Waals surface area (Å²) in [5.41, 5.74) is 2.39. The molecular weight excluding hydrogens is 382 g/mol. The number of hydrogen-bond acceptors (Lipinski definition) is 5. The Labute approximate surface area is 177 Å². The van der Waals surface area contributed by atoms with Gasteiger partial charge < -0.3 is 18.9 Å². The first-order valence-corrected chi connectivity index (χ1v) is 10.8. The van der Waals surface area contributed by atoms with E-state index in [2.05, 4.69) is 9.88 Å². The van der Waals surface area contributed by atoms with Gasteiger partial charge in [0.1, 0.15) is 11.3 Å². The number of piperidine rings is 1. The number of pyridine rings is 1. The van der Waals surface area contributed by atoms with Gasteiger partial charge in [0.15, 0.2) is 0 Å². The molecule has 4 rings (SSSR count). The normalized spacial score (nSPS) is 18.7. The van der Waals surface area contributed by atoms with Crippen molar-refractivity contribution in [2.45, 2.75) is 32.7 Å². The fourth-order valence-electron chi connectivity index (χ4n) is 4.37. The van der Waals surface area contributed by atoms with Crippen LogP contribution in [0.3, 0.4) is 0 Å². The molecule has 0 aliphatic carbocycles. The summed E-state index contributed by atoms with van der Waals surface area (Å²) in [4.78, 5) is 36.0. The first-order chi connectivity index (χ1) is 14.5. The molecule has 0 saturated carbocycles. The number of carbonyl (C=O) groups excluding carboxylic acids is 2. The monoisotopic (exact) mass is 413 g/mol. The lowest BCUT2D eigenvalue weighted by molar-refractivity contribution is -0.130. The molecule has 0 radical (unpaired) electrons. The van der Waals surface area contributed by atoms with E-state index in [4.69, 9.17) is 4.74 Å². The van der Waals surface area contributed by atoms with Crippen LogP contribution in [0.2, 0.25) is 0 Å². The van der Waals surface area contributed by atoms with Crippen LogP contribution in [0.4, 0.5) is 0 Å². The zero-order valence-corrected chi connectivity index (χ0v) is 17.9. The van der Waals surface area contributed by atoms with Gasteiger partial charge in [-0.3, -0.25) is 14.5 Å². The van der Waals surface area contributed by atoms with Gasteiger partial charge in [-0.2, -0.15) is 0 Å². The van der Waals surface area contributed by atoms with Gasteiger partial charge in [-0.05, 0) is 31.4 Å². The SMILES string of the molecule is CC(=O)N1CCC(N(CCN2CCOCC2)C(=O)c2cn3cc(C)ccc3n2)CC1. The van der Waals surface area contributed by atoms with Crippen LogP contribution in [0.15, 0.2) is 24.5 Å². The van der Waals surface area contributed by atoms with Gasteiger partial charge in [-0.1, -0.05) is 6.07 Å². The van der Waals surface area contributed by atoms with Gasteiger partial charge >= 0.3 is 0 Å². The second kappa shape index (κ2) is 9.14. The Kier molecular flexibility index (Phi) is 6.34. The van der Waals surface area contributed by atoms with Gasteiger partial charge in [-0.25, -0.2) is 4.98 Å². The fourth-order valence-corrected chi connectivity index (χ4v) is 4.37. The van der Waals surface area contributed by atoms with E-state index in [0.717, 1.165) is 56.9 Å². The summed E-state index contributed by atoms with van der Waals surface area (Å²) in [7, 11) is 0. The summed E-state index contributed by atoms with van der Waals surface area (Å²) in [6.45, 7) is 9.82. The van der Waals surface area contributed by atoms with E-state index in [1.165, 1.54) is 0 Å². The lowest BCUT2D eigenvalue weighted by Gasteiger charge is -2.39. The molecule has 0 spiro atoms. The van der Waals surface area contributed by atoms with Gasteiger partial charge in [-0.15, -0.1) is 0 Å². The molecule has 0 aromatic carbocycles. The maximum Gasteiger partial charge on any atom is 0.274 e. The van der Waals surface area contributed by atoms with Crippen molar-refractivity contribution in [3.63, 3.8) is 0 Å². The van der Waals surface area contributed by atoms with Crippen molar-refractivity contribution in [3.05, 3.63) is 35.8 Å². The number of hydrogen-bond donors (Lipinski definition) is 0. The predicted octanol–water partition coefficient (Wildman–Crippen LogP) is 1.43. The number of amides is 2. The third-order valence-corrected chi connectivity index (χ3v) is 6.19. The highest BCUT2D eigenvalue weighted by Crippen LogP contribution is 2.20. The lowest BCUT2D eigenvalue weighted by Crippen LogP contribution is -2.51. The summed E-state index contributed by atoms with van der Waals surface area (Å²) >= 11 is 0. The number of nitrogens with zero attached hydrogens (tertiary/aromatic N) is 5. The molecule has 2 aromatic rings. The van der Waals surface area contributed by atoms with Crippen LogP contribution >= 0.6 is 0 Å². The Hall–Kier alpha value is -2.45. The summed E-state index contributed by atoms with van der Waals surface area (Å²) < 4.78 is 7.36. The maximum absolute atomic E-state index is 13.5. The van der Waals surface area contributed by atoms with Crippen molar-refractivity contribution in [1.82, 2.24) is 24.1 Å².